The van der Waals surface area contributed by atoms with Crippen molar-refractivity contribution in [3.8, 4) is 0 Å². The van der Waals surface area contributed by atoms with Crippen molar-refractivity contribution in [3.05, 3.63) is 66.2 Å². The molecule has 1 saturated heterocycles. The Balaban J connectivity index is 2.02. The fourth-order valence-corrected chi connectivity index (χ4v) is 6.93. The number of nitrogens with zero attached hydrogens (tertiary/aromatic N) is 1. The SMILES string of the molecule is CSC([C@H]1[C@H](C(C)C)OC(=O)N1Cc1ccccc1)S(=O)(=O)c1ccccc1. The Morgan fingerprint density at radius 1 is 1.04 bits per heavy atom. The summed E-state index contributed by atoms with van der Waals surface area (Å²) in [6, 6.07) is 17.4. The summed E-state index contributed by atoms with van der Waals surface area (Å²) in [6.45, 7) is 4.21. The van der Waals surface area contributed by atoms with E-state index < -0.39 is 32.7 Å². The van der Waals surface area contributed by atoms with E-state index in [1.807, 2.05) is 44.2 Å². The van der Waals surface area contributed by atoms with Gasteiger partial charge in [-0.1, -0.05) is 62.4 Å². The fraction of sp³-hybridized carbons (Fsp3) is 0.381. The Morgan fingerprint density at radius 2 is 1.61 bits per heavy atom. The quantitative estimate of drug-likeness (QED) is 0.673. The molecule has 1 fully saturated rings. The van der Waals surface area contributed by atoms with Gasteiger partial charge in [-0.15, -0.1) is 11.8 Å². The van der Waals surface area contributed by atoms with Crippen molar-refractivity contribution in [2.24, 2.45) is 5.92 Å². The summed E-state index contributed by atoms with van der Waals surface area (Å²) in [4.78, 5) is 14.5. The van der Waals surface area contributed by atoms with Crippen LogP contribution in [-0.4, -0.2) is 42.4 Å². The molecule has 5 nitrogen and oxygen atoms in total. The molecule has 0 spiro atoms. The predicted octanol–water partition coefficient (Wildman–Crippen LogP) is 4.20. The van der Waals surface area contributed by atoms with Gasteiger partial charge >= 0.3 is 6.09 Å². The fourth-order valence-electron chi connectivity index (χ4n) is 3.53. The van der Waals surface area contributed by atoms with Gasteiger partial charge in [0.25, 0.3) is 0 Å². The number of hydrogen-bond acceptors (Lipinski definition) is 5. The largest absolute Gasteiger partial charge is 0.444 e. The second-order valence-corrected chi connectivity index (χ2v) is 10.5. The number of rotatable bonds is 7. The van der Waals surface area contributed by atoms with E-state index in [1.54, 1.807) is 41.5 Å². The first-order chi connectivity index (χ1) is 13.4. The van der Waals surface area contributed by atoms with Crippen molar-refractivity contribution in [3.63, 3.8) is 0 Å². The van der Waals surface area contributed by atoms with Crippen LogP contribution in [0.1, 0.15) is 19.4 Å². The summed E-state index contributed by atoms with van der Waals surface area (Å²) in [7, 11) is -3.66. The van der Waals surface area contributed by atoms with Crippen molar-refractivity contribution in [1.82, 2.24) is 4.90 Å². The lowest BCUT2D eigenvalue weighted by molar-refractivity contribution is 0.104. The first-order valence-corrected chi connectivity index (χ1v) is 12.0. The van der Waals surface area contributed by atoms with E-state index in [1.165, 1.54) is 11.8 Å². The Labute approximate surface area is 171 Å². The third-order valence-corrected chi connectivity index (χ3v) is 8.81. The highest BCUT2D eigenvalue weighted by Gasteiger charge is 2.51. The van der Waals surface area contributed by atoms with Crippen LogP contribution >= 0.6 is 11.8 Å². The van der Waals surface area contributed by atoms with Crippen LogP contribution in [0.3, 0.4) is 0 Å². The standard InChI is InChI=1S/C21H25NO4S2/c1-15(2)19-18(20(27-3)28(24,25)17-12-8-5-9-13-17)22(21(23)26-19)14-16-10-6-4-7-11-16/h4-13,15,18-20H,14H2,1-3H3/t18-,19+,20?/m1/s1. The Bertz CT molecular complexity index is 901. The Kier molecular flexibility index (Phi) is 6.35. The molecule has 150 valence electrons. The van der Waals surface area contributed by atoms with Gasteiger partial charge in [0.15, 0.2) is 9.84 Å². The highest BCUT2D eigenvalue weighted by Crippen LogP contribution is 2.37. The molecule has 2 aromatic carbocycles. The lowest BCUT2D eigenvalue weighted by Gasteiger charge is -2.32. The van der Waals surface area contributed by atoms with Crippen molar-refractivity contribution < 1.29 is 17.9 Å². The zero-order valence-corrected chi connectivity index (χ0v) is 17.8. The van der Waals surface area contributed by atoms with Gasteiger partial charge < -0.3 is 4.74 Å². The van der Waals surface area contributed by atoms with E-state index in [2.05, 4.69) is 0 Å². The molecule has 0 aromatic heterocycles. The van der Waals surface area contributed by atoms with E-state index in [0.717, 1.165) is 5.56 Å². The molecule has 0 bridgehead atoms. The summed E-state index contributed by atoms with van der Waals surface area (Å²) in [5.41, 5.74) is 0.936. The number of thioether (sulfide) groups is 1. The molecule has 28 heavy (non-hydrogen) atoms. The maximum absolute atomic E-state index is 13.4. The van der Waals surface area contributed by atoms with Gasteiger partial charge in [0.05, 0.1) is 10.9 Å². The number of carbonyl (C=O) groups excluding carboxylic acids is 1. The van der Waals surface area contributed by atoms with Gasteiger partial charge in [0.1, 0.15) is 10.7 Å². The molecule has 1 amide bonds. The number of cyclic esters (lactones) is 1. The summed E-state index contributed by atoms with van der Waals surface area (Å²) >= 11 is 1.24. The minimum absolute atomic E-state index is 0.00431. The summed E-state index contributed by atoms with van der Waals surface area (Å²) in [5, 5.41) is 0. The lowest BCUT2D eigenvalue weighted by Crippen LogP contribution is -2.48. The smallest absolute Gasteiger partial charge is 0.410 e. The Morgan fingerprint density at radius 3 is 2.14 bits per heavy atom. The minimum Gasteiger partial charge on any atom is -0.444 e. The third-order valence-electron chi connectivity index (χ3n) is 4.91. The van der Waals surface area contributed by atoms with Crippen LogP contribution in [0.15, 0.2) is 65.6 Å². The van der Waals surface area contributed by atoms with Crippen LogP contribution in [0.5, 0.6) is 0 Å². The first-order valence-electron chi connectivity index (χ1n) is 9.19. The number of carbonyl (C=O) groups is 1. The summed E-state index contributed by atoms with van der Waals surface area (Å²) in [5.74, 6) is -0.00431. The maximum Gasteiger partial charge on any atom is 0.410 e. The molecule has 1 unspecified atom stereocenters. The molecular formula is C21H25NO4S2. The number of amides is 1. The van der Waals surface area contributed by atoms with Crippen molar-refractivity contribution in [2.45, 2.75) is 42.0 Å². The number of sulfone groups is 1. The van der Waals surface area contributed by atoms with Crippen LogP contribution in [0.4, 0.5) is 4.79 Å². The zero-order valence-electron chi connectivity index (χ0n) is 16.2. The van der Waals surface area contributed by atoms with Gasteiger partial charge in [-0.25, -0.2) is 13.2 Å². The zero-order chi connectivity index (χ0) is 20.3. The van der Waals surface area contributed by atoms with E-state index in [0.29, 0.717) is 6.54 Å². The molecule has 0 N–H and O–H groups in total. The molecule has 1 aliphatic heterocycles. The van der Waals surface area contributed by atoms with Gasteiger partial charge in [0, 0.05) is 6.54 Å². The minimum atomic E-state index is -3.66. The molecule has 3 atom stereocenters. The van der Waals surface area contributed by atoms with Crippen molar-refractivity contribution in [2.75, 3.05) is 6.26 Å². The average molecular weight is 420 g/mol. The highest BCUT2D eigenvalue weighted by molar-refractivity contribution is 8.13. The monoisotopic (exact) mass is 419 g/mol. The number of benzene rings is 2. The van der Waals surface area contributed by atoms with Gasteiger partial charge in [-0.2, -0.15) is 0 Å². The first kappa shape index (κ1) is 20.7. The van der Waals surface area contributed by atoms with E-state index >= 15 is 0 Å². The number of ether oxygens (including phenoxy) is 1. The van der Waals surface area contributed by atoms with Crippen LogP contribution in [0, 0.1) is 5.92 Å². The lowest BCUT2D eigenvalue weighted by atomic mass is 10.0. The topological polar surface area (TPSA) is 63.7 Å². The molecule has 1 aliphatic rings. The average Bonchev–Trinajstić information content (AvgIpc) is 3.00. The van der Waals surface area contributed by atoms with E-state index in [4.69, 9.17) is 4.74 Å². The summed E-state index contributed by atoms with van der Waals surface area (Å²) in [6.07, 6.45) is 0.813. The van der Waals surface area contributed by atoms with Crippen LogP contribution in [-0.2, 0) is 21.1 Å². The van der Waals surface area contributed by atoms with Crippen molar-refractivity contribution >= 4 is 27.7 Å². The molecular weight excluding hydrogens is 394 g/mol. The normalized spacial score (nSPS) is 21.0. The summed E-state index contributed by atoms with van der Waals surface area (Å²) < 4.78 is 31.6. The second kappa shape index (κ2) is 8.57. The van der Waals surface area contributed by atoms with Crippen LogP contribution in [0.25, 0.3) is 0 Å². The van der Waals surface area contributed by atoms with Crippen LogP contribution < -0.4 is 0 Å². The molecule has 3 rings (SSSR count). The predicted molar refractivity (Wildman–Crippen MR) is 112 cm³/mol. The number of hydrogen-bond donors (Lipinski definition) is 0. The molecule has 7 heteroatoms. The van der Waals surface area contributed by atoms with E-state index in [-0.39, 0.29) is 10.8 Å². The van der Waals surface area contributed by atoms with Crippen LogP contribution in [0.2, 0.25) is 0 Å². The maximum atomic E-state index is 13.4. The Hall–Kier alpha value is -1.99. The highest BCUT2D eigenvalue weighted by atomic mass is 32.3. The molecule has 2 aromatic rings. The molecule has 0 aliphatic carbocycles. The van der Waals surface area contributed by atoms with Gasteiger partial charge in [-0.05, 0) is 29.9 Å². The third kappa shape index (κ3) is 4.05. The van der Waals surface area contributed by atoms with Gasteiger partial charge in [-0.3, -0.25) is 4.90 Å². The van der Waals surface area contributed by atoms with E-state index in [9.17, 15) is 13.2 Å². The molecule has 0 radical (unpaired) electrons. The second-order valence-electron chi connectivity index (χ2n) is 7.16. The van der Waals surface area contributed by atoms with Crippen molar-refractivity contribution in [1.29, 1.82) is 0 Å². The van der Waals surface area contributed by atoms with Gasteiger partial charge in [0.2, 0.25) is 0 Å². The molecule has 1 heterocycles. The molecule has 0 saturated carbocycles.